The summed E-state index contributed by atoms with van der Waals surface area (Å²) in [6.07, 6.45) is 0. The summed E-state index contributed by atoms with van der Waals surface area (Å²) >= 11 is 0. The van der Waals surface area contributed by atoms with Crippen LogP contribution in [0.15, 0.2) is 0 Å². The Morgan fingerprint density at radius 3 is 1.40 bits per heavy atom. The van der Waals surface area contributed by atoms with Crippen molar-refractivity contribution < 1.29 is 81.9 Å². The summed E-state index contributed by atoms with van der Waals surface area (Å²) in [7, 11) is -2.86. The second kappa shape index (κ2) is 5.96. The summed E-state index contributed by atoms with van der Waals surface area (Å²) in [5.74, 6) is 0. The van der Waals surface area contributed by atoms with Crippen molar-refractivity contribution >= 4 is 11.0 Å². The van der Waals surface area contributed by atoms with Crippen molar-refractivity contribution in [1.82, 2.24) is 0 Å². The van der Waals surface area contributed by atoms with E-state index in [4.69, 9.17) is 13.0 Å². The van der Waals surface area contributed by atoms with Gasteiger partial charge in [-0.05, 0) is 0 Å². The standard InChI is InChI=1S/Cs.HO3S/c;1-4(2)3/h;(H,1,2,3)/q+1;-1. The Bertz CT molecular complexity index is 55.3. The minimum Gasteiger partial charge on any atom is -0.439 e. The molecule has 0 radical (unpaired) electrons. The van der Waals surface area contributed by atoms with E-state index in [0.29, 0.717) is 0 Å². The van der Waals surface area contributed by atoms with Gasteiger partial charge in [0.2, 0.25) is 0 Å². The molecule has 0 fully saturated rings. The van der Waals surface area contributed by atoms with Crippen LogP contribution in [-0.4, -0.2) is 4.55 Å². The van der Waals surface area contributed by atoms with Gasteiger partial charge in [0, 0.05) is 11.0 Å². The van der Waals surface area contributed by atoms with Crippen molar-refractivity contribution in [3.63, 3.8) is 0 Å². The van der Waals surface area contributed by atoms with Gasteiger partial charge < -0.3 is 13.0 Å². The molecule has 26 valence electrons. The molecule has 5 heteroatoms. The molecule has 0 atom stereocenters. The second-order valence-electron chi connectivity index (χ2n) is 0.217. The Balaban J connectivity index is 0. The van der Waals surface area contributed by atoms with E-state index in [1.165, 1.54) is 0 Å². The quantitative estimate of drug-likeness (QED) is 0.262. The topological polar surface area (TPSA) is 54.4 Å². The van der Waals surface area contributed by atoms with Crippen LogP contribution in [-0.2, 0) is 19.4 Å². The molecule has 0 saturated heterocycles. The first-order chi connectivity index (χ1) is 1.73. The number of hydrogen-bond donors (Lipinski definition) is 1. The summed E-state index contributed by atoms with van der Waals surface area (Å²) in [6.45, 7) is 0. The monoisotopic (exact) mass is 214 g/mol. The third kappa shape index (κ3) is 24.3. The van der Waals surface area contributed by atoms with E-state index in [9.17, 15) is 0 Å². The van der Waals surface area contributed by atoms with Crippen molar-refractivity contribution in [3.8, 4) is 0 Å². The molecule has 3 nitrogen and oxygen atoms in total. The zero-order chi connectivity index (χ0) is 3.58. The summed E-state index contributed by atoms with van der Waals surface area (Å²) < 4.78 is 24.1. The first kappa shape index (κ1) is 10.1. The summed E-state index contributed by atoms with van der Waals surface area (Å²) in [6, 6.07) is 0. The summed E-state index contributed by atoms with van der Waals surface area (Å²) in [5.41, 5.74) is 0. The Morgan fingerprint density at radius 1 is 1.40 bits per heavy atom. The molecule has 0 saturated carbocycles. The molecular weight excluding hydrogens is 213 g/mol. The Hall–Kier alpha value is 1.96. The van der Waals surface area contributed by atoms with Crippen molar-refractivity contribution in [3.05, 3.63) is 0 Å². The third-order valence-corrected chi connectivity index (χ3v) is 0. The van der Waals surface area contributed by atoms with Crippen LogP contribution in [0, 0.1) is 0 Å². The molecule has 0 aromatic carbocycles. The van der Waals surface area contributed by atoms with Gasteiger partial charge in [0.25, 0.3) is 0 Å². The van der Waals surface area contributed by atoms with Crippen LogP contribution in [0.3, 0.4) is 0 Å². The molecule has 1 N–H and O–H groups in total. The van der Waals surface area contributed by atoms with Gasteiger partial charge in [0.15, 0.2) is 0 Å². The van der Waals surface area contributed by atoms with Gasteiger partial charge in [-0.2, -0.15) is 0 Å². The predicted octanol–water partition coefficient (Wildman–Crippen LogP) is -3.23. The van der Waals surface area contributed by atoms with Gasteiger partial charge in [0.1, 0.15) is 0 Å². The zero-order valence-corrected chi connectivity index (χ0v) is 9.77. The molecular formula is HCsO3S. The number of rotatable bonds is 0. The Labute approximate surface area is 90.3 Å². The van der Waals surface area contributed by atoms with Crippen LogP contribution < -0.4 is 68.9 Å². The minimum absolute atomic E-state index is 0. The average Bonchev–Trinajstić information content (AvgIpc) is 0.811. The third-order valence-electron chi connectivity index (χ3n) is 0. The first-order valence-electron chi connectivity index (χ1n) is 0.516. The zero-order valence-electron chi connectivity index (χ0n) is 2.67. The molecule has 0 bridgehead atoms. The minimum atomic E-state index is -2.86. The van der Waals surface area contributed by atoms with Gasteiger partial charge in [-0.3, -0.25) is 0 Å². The van der Waals surface area contributed by atoms with Crippen LogP contribution in [0.5, 0.6) is 0 Å². The van der Waals surface area contributed by atoms with Gasteiger partial charge in [0.05, 0.1) is 0 Å². The maximum Gasteiger partial charge on any atom is 1.00 e. The number of hydrogen-bond acceptors (Lipinski definition) is 3. The van der Waals surface area contributed by atoms with E-state index in [2.05, 4.69) is 0 Å². The van der Waals surface area contributed by atoms with Crippen LogP contribution in [0.2, 0.25) is 0 Å². The SMILES string of the molecule is O=[S-](=O)O.[Cs+]. The van der Waals surface area contributed by atoms with Gasteiger partial charge in [-0.25, -0.2) is 0 Å². The Morgan fingerprint density at radius 2 is 1.40 bits per heavy atom. The molecule has 0 aliphatic rings. The summed E-state index contributed by atoms with van der Waals surface area (Å²) in [5, 5.41) is 0. The molecule has 0 spiro atoms. The maximum absolute atomic E-state index is 8.56. The van der Waals surface area contributed by atoms with Crippen LogP contribution in [0.1, 0.15) is 0 Å². The molecule has 0 aromatic heterocycles. The van der Waals surface area contributed by atoms with E-state index in [1.807, 2.05) is 0 Å². The smallest absolute Gasteiger partial charge is 0.439 e. The van der Waals surface area contributed by atoms with Crippen LogP contribution in [0.25, 0.3) is 0 Å². The molecule has 0 unspecified atom stereocenters. The predicted molar refractivity (Wildman–Crippen MR) is 11.4 cm³/mol. The van der Waals surface area contributed by atoms with Crippen molar-refractivity contribution in [1.29, 1.82) is 0 Å². The normalized spacial score (nSPS) is 6.80. The van der Waals surface area contributed by atoms with E-state index >= 15 is 0 Å². The van der Waals surface area contributed by atoms with Gasteiger partial charge >= 0.3 is 68.9 Å². The van der Waals surface area contributed by atoms with Crippen molar-refractivity contribution in [2.75, 3.05) is 0 Å². The van der Waals surface area contributed by atoms with E-state index in [0.717, 1.165) is 0 Å². The van der Waals surface area contributed by atoms with Crippen LogP contribution in [0.4, 0.5) is 0 Å². The fourth-order valence-electron chi connectivity index (χ4n) is 0. The van der Waals surface area contributed by atoms with Gasteiger partial charge in [-0.15, -0.1) is 0 Å². The van der Waals surface area contributed by atoms with Crippen molar-refractivity contribution in [2.45, 2.75) is 0 Å². The fraction of sp³-hybridized carbons (Fsp3) is 0. The largest absolute Gasteiger partial charge is 1.00 e. The average molecular weight is 214 g/mol. The van der Waals surface area contributed by atoms with Crippen LogP contribution >= 0.6 is 0 Å². The van der Waals surface area contributed by atoms with E-state index in [1.54, 1.807) is 0 Å². The van der Waals surface area contributed by atoms with Crippen molar-refractivity contribution in [2.24, 2.45) is 0 Å². The molecule has 0 amide bonds. The second-order valence-corrected chi connectivity index (χ2v) is 0.651. The maximum atomic E-state index is 8.56. The molecule has 0 aliphatic heterocycles. The summed E-state index contributed by atoms with van der Waals surface area (Å²) in [4.78, 5) is 0. The first-order valence-corrected chi connectivity index (χ1v) is 1.55. The molecule has 0 aliphatic carbocycles. The Kier molecular flexibility index (Phi) is 12.0. The fourth-order valence-corrected chi connectivity index (χ4v) is 0. The molecule has 0 rings (SSSR count). The van der Waals surface area contributed by atoms with E-state index < -0.39 is 11.0 Å². The molecule has 0 aromatic rings. The van der Waals surface area contributed by atoms with E-state index in [-0.39, 0.29) is 68.9 Å². The molecule has 5 heavy (non-hydrogen) atoms. The molecule has 0 heterocycles. The van der Waals surface area contributed by atoms with Gasteiger partial charge in [-0.1, -0.05) is 0 Å².